The van der Waals surface area contributed by atoms with Crippen molar-refractivity contribution < 1.29 is 29.2 Å². The van der Waals surface area contributed by atoms with Crippen LogP contribution in [0.4, 0.5) is 0 Å². The van der Waals surface area contributed by atoms with Crippen molar-refractivity contribution >= 4 is 0 Å². The fourth-order valence-corrected chi connectivity index (χ4v) is 4.09. The first kappa shape index (κ1) is 17.0. The summed E-state index contributed by atoms with van der Waals surface area (Å²) in [4.78, 5) is 0. The summed E-state index contributed by atoms with van der Waals surface area (Å²) in [6, 6.07) is 10.1. The van der Waals surface area contributed by atoms with E-state index in [0.717, 1.165) is 22.6 Å². The molecule has 0 spiro atoms. The van der Waals surface area contributed by atoms with Crippen LogP contribution in [0.15, 0.2) is 36.4 Å². The first-order valence-corrected chi connectivity index (χ1v) is 8.59. The summed E-state index contributed by atoms with van der Waals surface area (Å²) < 4.78 is 23.4. The van der Waals surface area contributed by atoms with Crippen molar-refractivity contribution in [1.82, 2.24) is 0 Å². The molecule has 0 amide bonds. The van der Waals surface area contributed by atoms with Gasteiger partial charge < -0.3 is 29.2 Å². The van der Waals surface area contributed by atoms with E-state index in [4.69, 9.17) is 18.9 Å². The van der Waals surface area contributed by atoms with Crippen LogP contribution < -0.4 is 9.47 Å². The summed E-state index contributed by atoms with van der Waals surface area (Å²) in [5.41, 5.74) is 1.64. The predicted molar refractivity (Wildman–Crippen MR) is 93.7 cm³/mol. The van der Waals surface area contributed by atoms with E-state index in [1.54, 1.807) is 50.6 Å². The Bertz CT molecular complexity index is 737. The second kappa shape index (κ2) is 6.70. The molecule has 2 aromatic carbocycles. The quantitative estimate of drug-likeness (QED) is 0.877. The van der Waals surface area contributed by atoms with Crippen LogP contribution in [0.5, 0.6) is 23.0 Å². The number of phenolic OH excluding ortho intramolecular Hbond substituents is 2. The molecule has 26 heavy (non-hydrogen) atoms. The van der Waals surface area contributed by atoms with Gasteiger partial charge in [0.15, 0.2) is 0 Å². The van der Waals surface area contributed by atoms with Crippen molar-refractivity contribution in [1.29, 1.82) is 0 Å². The first-order chi connectivity index (χ1) is 12.6. The lowest BCUT2D eigenvalue weighted by Crippen LogP contribution is -2.41. The Morgan fingerprint density at radius 3 is 1.58 bits per heavy atom. The number of hydrogen-bond donors (Lipinski definition) is 2. The van der Waals surface area contributed by atoms with Crippen LogP contribution in [0.1, 0.15) is 23.3 Å². The van der Waals surface area contributed by atoms with Crippen LogP contribution >= 0.6 is 0 Å². The monoisotopic (exact) mass is 358 g/mol. The maximum absolute atomic E-state index is 9.87. The first-order valence-electron chi connectivity index (χ1n) is 8.59. The topological polar surface area (TPSA) is 77.4 Å². The van der Waals surface area contributed by atoms with Gasteiger partial charge in [0.25, 0.3) is 0 Å². The molecule has 2 N–H and O–H groups in total. The van der Waals surface area contributed by atoms with Crippen molar-refractivity contribution in [3.05, 3.63) is 47.5 Å². The van der Waals surface area contributed by atoms with Crippen LogP contribution in [0.25, 0.3) is 0 Å². The van der Waals surface area contributed by atoms with Gasteiger partial charge in [-0.3, -0.25) is 0 Å². The predicted octanol–water partition coefficient (Wildman–Crippen LogP) is 3.19. The third kappa shape index (κ3) is 2.75. The minimum Gasteiger partial charge on any atom is -0.508 e. The Labute approximate surface area is 151 Å². The third-order valence-corrected chi connectivity index (χ3v) is 5.30. The van der Waals surface area contributed by atoms with E-state index in [0.29, 0.717) is 13.2 Å². The molecule has 0 aliphatic carbocycles. The average Bonchev–Trinajstić information content (AvgIpc) is 2.65. The van der Waals surface area contributed by atoms with Gasteiger partial charge in [0.1, 0.15) is 23.0 Å². The third-order valence-electron chi connectivity index (χ3n) is 5.30. The van der Waals surface area contributed by atoms with Crippen molar-refractivity contribution in [3.63, 3.8) is 0 Å². The molecule has 4 atom stereocenters. The normalized spacial score (nSPS) is 27.0. The minimum absolute atomic E-state index is 0.0326. The number of aromatic hydroxyl groups is 2. The molecule has 4 rings (SSSR count). The van der Waals surface area contributed by atoms with Gasteiger partial charge in [0.2, 0.25) is 0 Å². The lowest BCUT2D eigenvalue weighted by molar-refractivity contribution is -0.0815. The maximum atomic E-state index is 9.87. The summed E-state index contributed by atoms with van der Waals surface area (Å²) in [5.74, 6) is 1.72. The summed E-state index contributed by atoms with van der Waals surface area (Å²) in [5, 5.41) is 19.7. The Kier molecular flexibility index (Phi) is 4.38. The molecular weight excluding hydrogens is 336 g/mol. The molecule has 0 fully saturated rings. The number of methoxy groups -OCH3 is 2. The number of rotatable bonds is 3. The van der Waals surface area contributed by atoms with Crippen molar-refractivity contribution in [2.75, 3.05) is 27.4 Å². The van der Waals surface area contributed by atoms with E-state index in [-0.39, 0.29) is 35.5 Å². The van der Waals surface area contributed by atoms with Crippen molar-refractivity contribution in [2.45, 2.75) is 12.2 Å². The molecule has 2 aromatic rings. The number of phenols is 2. The summed E-state index contributed by atoms with van der Waals surface area (Å²) in [6.07, 6.45) is -0.507. The molecule has 2 heterocycles. The van der Waals surface area contributed by atoms with E-state index >= 15 is 0 Å². The van der Waals surface area contributed by atoms with Crippen LogP contribution in [-0.4, -0.2) is 37.6 Å². The largest absolute Gasteiger partial charge is 0.508 e. The van der Waals surface area contributed by atoms with Crippen molar-refractivity contribution in [2.24, 2.45) is 11.8 Å². The summed E-state index contributed by atoms with van der Waals surface area (Å²) in [6.45, 7) is 0.913. The van der Waals surface area contributed by atoms with Gasteiger partial charge in [-0.2, -0.15) is 0 Å². The minimum atomic E-state index is -0.254. The fourth-order valence-electron chi connectivity index (χ4n) is 4.09. The Morgan fingerprint density at radius 2 is 1.19 bits per heavy atom. The van der Waals surface area contributed by atoms with Crippen LogP contribution in [0.3, 0.4) is 0 Å². The number of fused-ring (bicyclic) bond motifs is 2. The van der Waals surface area contributed by atoms with E-state index in [1.807, 2.05) is 0 Å². The highest BCUT2D eigenvalue weighted by Crippen LogP contribution is 2.49. The van der Waals surface area contributed by atoms with Gasteiger partial charge in [-0.15, -0.1) is 0 Å². The second-order valence-corrected chi connectivity index (χ2v) is 6.71. The number of ether oxygens (including phenoxy) is 4. The molecule has 6 nitrogen and oxygen atoms in total. The van der Waals surface area contributed by atoms with Crippen LogP contribution in [0, 0.1) is 11.8 Å². The van der Waals surface area contributed by atoms with Crippen molar-refractivity contribution in [3.8, 4) is 23.0 Å². The Morgan fingerprint density at radius 1 is 0.769 bits per heavy atom. The van der Waals surface area contributed by atoms with Gasteiger partial charge in [-0.05, 0) is 36.4 Å². The molecule has 0 aromatic heterocycles. The lowest BCUT2D eigenvalue weighted by atomic mass is 9.77. The maximum Gasteiger partial charge on any atom is 0.125 e. The molecule has 4 unspecified atom stereocenters. The van der Waals surface area contributed by atoms with Gasteiger partial charge in [-0.1, -0.05) is 0 Å². The van der Waals surface area contributed by atoms with E-state index in [1.165, 1.54) is 0 Å². The Hall–Kier alpha value is -2.44. The van der Waals surface area contributed by atoms with Crippen LogP contribution in [-0.2, 0) is 9.47 Å². The molecule has 0 radical (unpaired) electrons. The lowest BCUT2D eigenvalue weighted by Gasteiger charge is -2.42. The SMILES string of the molecule is COC1c2cc(O)ccc2OCC1C1COc2ccc(O)cc2C1OC. The van der Waals surface area contributed by atoms with Gasteiger partial charge in [-0.25, -0.2) is 0 Å². The standard InChI is InChI=1S/C20H22O6/c1-23-19-13-7-11(21)3-5-17(13)25-9-15(19)16-10-26-18-6-4-12(22)8-14(18)20(16)24-2/h3-8,15-16,19-22H,9-10H2,1-2H3. The molecule has 0 saturated heterocycles. The zero-order valence-electron chi connectivity index (χ0n) is 14.7. The van der Waals surface area contributed by atoms with E-state index < -0.39 is 0 Å². The molecular formula is C20H22O6. The van der Waals surface area contributed by atoms with Gasteiger partial charge >= 0.3 is 0 Å². The summed E-state index contributed by atoms with van der Waals surface area (Å²) in [7, 11) is 3.31. The highest BCUT2D eigenvalue weighted by molar-refractivity contribution is 5.45. The molecule has 0 bridgehead atoms. The smallest absolute Gasteiger partial charge is 0.125 e. The van der Waals surface area contributed by atoms with Gasteiger partial charge in [0, 0.05) is 37.2 Å². The molecule has 138 valence electrons. The zero-order valence-corrected chi connectivity index (χ0v) is 14.7. The Balaban J connectivity index is 1.70. The molecule has 0 saturated carbocycles. The molecule has 2 aliphatic heterocycles. The fraction of sp³-hybridized carbons (Fsp3) is 0.400. The highest BCUT2D eigenvalue weighted by Gasteiger charge is 2.44. The van der Waals surface area contributed by atoms with Gasteiger partial charge in [0.05, 0.1) is 25.4 Å². The number of hydrogen-bond acceptors (Lipinski definition) is 6. The molecule has 6 heteroatoms. The molecule has 2 aliphatic rings. The average molecular weight is 358 g/mol. The number of benzene rings is 2. The van der Waals surface area contributed by atoms with E-state index in [9.17, 15) is 10.2 Å². The highest BCUT2D eigenvalue weighted by atomic mass is 16.5. The second-order valence-electron chi connectivity index (χ2n) is 6.71. The summed E-state index contributed by atoms with van der Waals surface area (Å²) >= 11 is 0. The van der Waals surface area contributed by atoms with E-state index in [2.05, 4.69) is 0 Å². The zero-order chi connectivity index (χ0) is 18.3. The van der Waals surface area contributed by atoms with Crippen LogP contribution in [0.2, 0.25) is 0 Å².